The van der Waals surface area contributed by atoms with Gasteiger partial charge in [0.1, 0.15) is 11.7 Å². The predicted molar refractivity (Wildman–Crippen MR) is 136 cm³/mol. The molecule has 0 spiro atoms. The van der Waals surface area contributed by atoms with Gasteiger partial charge in [0.05, 0.1) is 6.54 Å². The summed E-state index contributed by atoms with van der Waals surface area (Å²) < 4.78 is 0. The van der Waals surface area contributed by atoms with E-state index in [2.05, 4.69) is 79.4 Å². The molecule has 1 aliphatic rings. The van der Waals surface area contributed by atoms with Crippen LogP contribution in [0.25, 0.3) is 0 Å². The summed E-state index contributed by atoms with van der Waals surface area (Å²) in [6.45, 7) is 23.8. The minimum absolute atomic E-state index is 0.124. The van der Waals surface area contributed by atoms with Gasteiger partial charge in [0.15, 0.2) is 0 Å². The van der Waals surface area contributed by atoms with E-state index in [9.17, 15) is 0 Å². The summed E-state index contributed by atoms with van der Waals surface area (Å²) in [5, 5.41) is 9.91. The topological polar surface area (TPSA) is 51.7 Å². The van der Waals surface area contributed by atoms with Gasteiger partial charge in [0.25, 0.3) is 0 Å². The van der Waals surface area contributed by atoms with Gasteiger partial charge in [0.2, 0.25) is 0 Å². The first-order chi connectivity index (χ1) is 14.4. The molecule has 0 fully saturated rings. The first-order valence-electron chi connectivity index (χ1n) is 10.5. The number of anilines is 2. The Kier molecular flexibility index (Phi) is 7.55. The molecule has 1 aliphatic heterocycles. The molecule has 1 heterocycles. The molecule has 5 heteroatoms. The van der Waals surface area contributed by atoms with Crippen molar-refractivity contribution in [3.05, 3.63) is 84.0 Å². The van der Waals surface area contributed by atoms with Gasteiger partial charge in [-0.2, -0.15) is 0 Å². The van der Waals surface area contributed by atoms with Crippen molar-refractivity contribution in [3.63, 3.8) is 0 Å². The molecule has 0 radical (unpaired) electrons. The normalized spacial score (nSPS) is 14.2. The Morgan fingerprint density at radius 3 is 1.94 bits per heavy atom. The second-order valence-corrected chi connectivity index (χ2v) is 9.17. The number of nitrogens with one attached hydrogen (secondary N) is 3. The van der Waals surface area contributed by atoms with E-state index in [1.807, 2.05) is 45.3 Å². The highest BCUT2D eigenvalue weighted by Gasteiger charge is 2.21. The summed E-state index contributed by atoms with van der Waals surface area (Å²) in [5.74, 6) is 1.52. The molecule has 0 unspecified atom stereocenters. The Hall–Kier alpha value is -3.21. The molecule has 1 aromatic carbocycles. The Morgan fingerprint density at radius 1 is 0.935 bits per heavy atom. The first kappa shape index (κ1) is 24.1. The van der Waals surface area contributed by atoms with Gasteiger partial charge in [0, 0.05) is 42.4 Å². The molecule has 166 valence electrons. The van der Waals surface area contributed by atoms with E-state index in [-0.39, 0.29) is 5.41 Å². The van der Waals surface area contributed by atoms with Crippen LogP contribution in [0.3, 0.4) is 0 Å². The number of aliphatic imine (C=N–C) groups is 1. The lowest BCUT2D eigenvalue weighted by Gasteiger charge is -2.22. The summed E-state index contributed by atoms with van der Waals surface area (Å²) >= 11 is 0. The number of amidine groups is 1. The average molecular weight is 420 g/mol. The first-order valence-corrected chi connectivity index (χ1v) is 10.5. The standard InChI is InChI=1S/C26H37N5/c1-17(2)25(19(4)31(9)10)18(3)28-22-11-13-23(14-12-22)29-20(5)30-24-15-21(16-27-24)26(6,7)8/h11-15,28-29H,1,3,5,16H2,2,4,6-10H3,(H,27,30)/b25-19+. The zero-order chi connectivity index (χ0) is 23.3. The van der Waals surface area contributed by atoms with Crippen molar-refractivity contribution in [2.45, 2.75) is 34.6 Å². The quantitative estimate of drug-likeness (QED) is 0.461. The molecule has 0 amide bonds. The lowest BCUT2D eigenvalue weighted by molar-refractivity contribution is 0.499. The Balaban J connectivity index is 1.99. The second-order valence-electron chi connectivity index (χ2n) is 9.17. The van der Waals surface area contributed by atoms with Crippen molar-refractivity contribution in [2.24, 2.45) is 10.4 Å². The lowest BCUT2D eigenvalue weighted by Crippen LogP contribution is -2.24. The largest absolute Gasteiger partial charge is 0.381 e. The number of hydrogen-bond acceptors (Lipinski definition) is 5. The van der Waals surface area contributed by atoms with E-state index in [1.165, 1.54) is 5.57 Å². The smallest absolute Gasteiger partial charge is 0.126 e. The van der Waals surface area contributed by atoms with Gasteiger partial charge in [-0.3, -0.25) is 4.99 Å². The minimum atomic E-state index is 0.124. The summed E-state index contributed by atoms with van der Waals surface area (Å²) in [5.41, 5.74) is 7.28. The van der Waals surface area contributed by atoms with Crippen molar-refractivity contribution in [2.75, 3.05) is 31.3 Å². The summed E-state index contributed by atoms with van der Waals surface area (Å²) in [6.07, 6.45) is 2.11. The monoisotopic (exact) mass is 419 g/mol. The highest BCUT2D eigenvalue weighted by atomic mass is 15.1. The van der Waals surface area contributed by atoms with Crippen LogP contribution in [0.15, 0.2) is 89.0 Å². The van der Waals surface area contributed by atoms with E-state index >= 15 is 0 Å². The third-order valence-electron chi connectivity index (χ3n) is 5.21. The van der Waals surface area contributed by atoms with Crippen molar-refractivity contribution < 1.29 is 0 Å². The maximum absolute atomic E-state index is 4.55. The number of hydrogen-bond donors (Lipinski definition) is 3. The van der Waals surface area contributed by atoms with Crippen molar-refractivity contribution in [1.82, 2.24) is 10.2 Å². The number of rotatable bonds is 8. The third-order valence-corrected chi connectivity index (χ3v) is 5.21. The number of nitrogens with zero attached hydrogens (tertiary/aromatic N) is 2. The number of allylic oxidation sites excluding steroid dienone is 2. The van der Waals surface area contributed by atoms with Crippen LogP contribution in [0.2, 0.25) is 0 Å². The van der Waals surface area contributed by atoms with Crippen molar-refractivity contribution in [1.29, 1.82) is 0 Å². The highest BCUT2D eigenvalue weighted by Crippen LogP contribution is 2.28. The lowest BCUT2D eigenvalue weighted by atomic mass is 9.87. The average Bonchev–Trinajstić information content (AvgIpc) is 3.11. The van der Waals surface area contributed by atoms with Gasteiger partial charge >= 0.3 is 0 Å². The fourth-order valence-corrected chi connectivity index (χ4v) is 3.20. The Morgan fingerprint density at radius 2 is 1.48 bits per heavy atom. The van der Waals surface area contributed by atoms with Gasteiger partial charge in [-0.15, -0.1) is 0 Å². The molecule has 0 atom stereocenters. The molecule has 0 bridgehead atoms. The maximum Gasteiger partial charge on any atom is 0.126 e. The van der Waals surface area contributed by atoms with Crippen molar-refractivity contribution >= 4 is 17.2 Å². The molecule has 0 aromatic heterocycles. The SMILES string of the molecule is C=C(NC1=NCC(C(C)(C)C)=C1)Nc1ccc(NC(=C)/C(C(=C)C)=C(\C)N(C)C)cc1. The van der Waals surface area contributed by atoms with Gasteiger partial charge < -0.3 is 20.9 Å². The van der Waals surface area contributed by atoms with Crippen molar-refractivity contribution in [3.8, 4) is 0 Å². The van der Waals surface area contributed by atoms with Crippen LogP contribution in [0, 0.1) is 5.41 Å². The van der Waals surface area contributed by atoms with Gasteiger partial charge in [-0.1, -0.05) is 40.5 Å². The zero-order valence-corrected chi connectivity index (χ0v) is 20.1. The molecule has 0 saturated carbocycles. The maximum atomic E-state index is 4.55. The zero-order valence-electron chi connectivity index (χ0n) is 20.1. The van der Waals surface area contributed by atoms with E-state index in [0.29, 0.717) is 5.82 Å². The van der Waals surface area contributed by atoms with Crippen LogP contribution in [0.1, 0.15) is 34.6 Å². The Bertz CT molecular complexity index is 951. The predicted octanol–water partition coefficient (Wildman–Crippen LogP) is 5.88. The van der Waals surface area contributed by atoms with Crippen LogP contribution < -0.4 is 16.0 Å². The number of benzene rings is 1. The van der Waals surface area contributed by atoms with E-state index in [0.717, 1.165) is 46.3 Å². The van der Waals surface area contributed by atoms with Gasteiger partial charge in [-0.05, 0) is 60.8 Å². The molecular formula is C26H37N5. The minimum Gasteiger partial charge on any atom is -0.381 e. The molecular weight excluding hydrogens is 382 g/mol. The van der Waals surface area contributed by atoms with E-state index in [4.69, 9.17) is 0 Å². The van der Waals surface area contributed by atoms with E-state index in [1.54, 1.807) is 0 Å². The second kappa shape index (κ2) is 9.73. The van der Waals surface area contributed by atoms with Gasteiger partial charge in [-0.25, -0.2) is 0 Å². The Labute approximate surface area is 188 Å². The fraction of sp³-hybridized carbons (Fsp3) is 0.346. The summed E-state index contributed by atoms with van der Waals surface area (Å²) in [7, 11) is 4.04. The highest BCUT2D eigenvalue weighted by molar-refractivity contribution is 5.97. The van der Waals surface area contributed by atoms with E-state index < -0.39 is 0 Å². The molecule has 1 aromatic rings. The van der Waals surface area contributed by atoms with Crippen LogP contribution in [0.4, 0.5) is 11.4 Å². The molecule has 0 saturated heterocycles. The third kappa shape index (κ3) is 6.64. The molecule has 5 nitrogen and oxygen atoms in total. The van der Waals surface area contributed by atoms with Crippen LogP contribution in [-0.2, 0) is 0 Å². The molecule has 31 heavy (non-hydrogen) atoms. The van der Waals surface area contributed by atoms with Crippen LogP contribution in [-0.4, -0.2) is 31.4 Å². The fourth-order valence-electron chi connectivity index (χ4n) is 3.20. The molecule has 3 N–H and O–H groups in total. The molecule has 2 rings (SSSR count). The van der Waals surface area contributed by atoms with Crippen LogP contribution >= 0.6 is 0 Å². The van der Waals surface area contributed by atoms with Crippen LogP contribution in [0.5, 0.6) is 0 Å². The summed E-state index contributed by atoms with van der Waals surface area (Å²) in [6, 6.07) is 8.01. The molecule has 0 aliphatic carbocycles. The summed E-state index contributed by atoms with van der Waals surface area (Å²) in [4.78, 5) is 6.61.